The summed E-state index contributed by atoms with van der Waals surface area (Å²) in [5.74, 6) is -3.19. The first kappa shape index (κ1) is 31.4. The molecule has 2 rings (SSSR count). The molecular formula is C26H28N2O9S2. The fourth-order valence-electron chi connectivity index (χ4n) is 3.10. The van der Waals surface area contributed by atoms with Crippen molar-refractivity contribution in [2.45, 2.75) is 32.9 Å². The third kappa shape index (κ3) is 10.1. The van der Waals surface area contributed by atoms with Gasteiger partial charge in [-0.1, -0.05) is 47.8 Å². The van der Waals surface area contributed by atoms with Crippen LogP contribution in [0.4, 0.5) is 0 Å². The molecule has 2 aromatic rings. The zero-order chi connectivity index (χ0) is 28.9. The number of esters is 2. The molecule has 0 aromatic heterocycles. The van der Waals surface area contributed by atoms with Crippen LogP contribution in [0.5, 0.6) is 11.5 Å². The molecule has 0 fully saturated rings. The molecule has 0 bridgehead atoms. The fourth-order valence-corrected chi connectivity index (χ4v) is 4.98. The van der Waals surface area contributed by atoms with Crippen LogP contribution in [0, 0.1) is 0 Å². The minimum absolute atomic E-state index is 0.0426. The molecule has 2 aromatic carbocycles. The van der Waals surface area contributed by atoms with Gasteiger partial charge in [0.2, 0.25) is 22.0 Å². The average Bonchev–Trinajstić information content (AvgIpc) is 2.88. The van der Waals surface area contributed by atoms with Crippen molar-refractivity contribution >= 4 is 57.5 Å². The van der Waals surface area contributed by atoms with Gasteiger partial charge in [-0.3, -0.25) is 19.2 Å². The van der Waals surface area contributed by atoms with Crippen LogP contribution in [0.1, 0.15) is 41.5 Å². The molecule has 0 heterocycles. The second-order valence-electron chi connectivity index (χ2n) is 7.89. The third-order valence-corrected chi connectivity index (χ3v) is 6.87. The lowest BCUT2D eigenvalue weighted by Crippen LogP contribution is -2.44. The van der Waals surface area contributed by atoms with Gasteiger partial charge in [0, 0.05) is 25.4 Å². The Morgan fingerprint density at radius 3 is 2.00 bits per heavy atom. The number of para-hydroxylation sites is 2. The van der Waals surface area contributed by atoms with Gasteiger partial charge in [0.05, 0.1) is 12.2 Å². The Bertz CT molecular complexity index is 1240. The Hall–Kier alpha value is -3.84. The van der Waals surface area contributed by atoms with E-state index < -0.39 is 46.1 Å². The zero-order valence-electron chi connectivity index (χ0n) is 21.4. The van der Waals surface area contributed by atoms with Crippen LogP contribution in [0.3, 0.4) is 0 Å². The van der Waals surface area contributed by atoms with E-state index in [1.807, 2.05) is 0 Å². The molecule has 0 saturated heterocycles. The van der Waals surface area contributed by atoms with Gasteiger partial charge in [0.15, 0.2) is 0 Å². The summed E-state index contributed by atoms with van der Waals surface area (Å²) >= 11 is 1.42. The molecule has 208 valence electrons. The van der Waals surface area contributed by atoms with Crippen LogP contribution in [-0.2, 0) is 23.9 Å². The maximum atomic E-state index is 13.0. The molecular weight excluding hydrogens is 548 g/mol. The lowest BCUT2D eigenvalue weighted by atomic mass is 10.2. The van der Waals surface area contributed by atoms with Crippen molar-refractivity contribution < 1.29 is 43.3 Å². The van der Waals surface area contributed by atoms with Crippen molar-refractivity contribution in [1.82, 2.24) is 10.6 Å². The molecule has 0 radical (unpaired) electrons. The maximum Gasteiger partial charge on any atom is 0.347 e. The molecule has 11 nitrogen and oxygen atoms in total. The maximum absolute atomic E-state index is 13.0. The van der Waals surface area contributed by atoms with E-state index in [-0.39, 0.29) is 40.7 Å². The number of aromatic hydroxyl groups is 1. The van der Waals surface area contributed by atoms with Crippen LogP contribution in [0.15, 0.2) is 48.5 Å². The summed E-state index contributed by atoms with van der Waals surface area (Å²) in [5.41, 5.74) is -0.0397. The van der Waals surface area contributed by atoms with E-state index in [2.05, 4.69) is 10.6 Å². The summed E-state index contributed by atoms with van der Waals surface area (Å²) in [6, 6.07) is 9.58. The van der Waals surface area contributed by atoms with Gasteiger partial charge >= 0.3 is 11.9 Å². The number of benzene rings is 2. The number of thioether (sulfide) groups is 2. The van der Waals surface area contributed by atoms with E-state index in [1.165, 1.54) is 38.1 Å². The first-order valence-corrected chi connectivity index (χ1v) is 13.6. The normalized spacial score (nSPS) is 12.0. The van der Waals surface area contributed by atoms with Gasteiger partial charge in [-0.15, -0.1) is 0 Å². The van der Waals surface area contributed by atoms with Crippen LogP contribution >= 0.6 is 23.5 Å². The number of hydrogen-bond acceptors (Lipinski definition) is 11. The highest BCUT2D eigenvalue weighted by molar-refractivity contribution is 8.15. The number of ether oxygens (including phenoxy) is 2. The summed E-state index contributed by atoms with van der Waals surface area (Å²) in [6.07, 6.45) is 0. The highest BCUT2D eigenvalue weighted by Gasteiger charge is 2.27. The SMILES string of the molecule is CCOC(=O)C(CSC(=O)C(CSC(=O)c1ccccc1OC(=O)c1ccccc1O)NC(C)=O)NC(C)=O. The molecule has 2 amide bonds. The van der Waals surface area contributed by atoms with Crippen LogP contribution in [-0.4, -0.2) is 69.3 Å². The summed E-state index contributed by atoms with van der Waals surface area (Å²) < 4.78 is 10.3. The van der Waals surface area contributed by atoms with E-state index in [0.717, 1.165) is 11.8 Å². The summed E-state index contributed by atoms with van der Waals surface area (Å²) in [6.45, 7) is 4.12. The Morgan fingerprint density at radius 2 is 1.38 bits per heavy atom. The van der Waals surface area contributed by atoms with Gasteiger partial charge in [-0.25, -0.2) is 9.59 Å². The highest BCUT2D eigenvalue weighted by atomic mass is 32.2. The van der Waals surface area contributed by atoms with Crippen molar-refractivity contribution in [2.75, 3.05) is 18.1 Å². The predicted octanol–water partition coefficient (Wildman–Crippen LogP) is 2.32. The number of rotatable bonds is 12. The van der Waals surface area contributed by atoms with Crippen LogP contribution in [0.2, 0.25) is 0 Å². The molecule has 13 heteroatoms. The molecule has 0 aliphatic carbocycles. The molecule has 0 spiro atoms. The van der Waals surface area contributed by atoms with E-state index in [4.69, 9.17) is 9.47 Å². The quantitative estimate of drug-likeness (QED) is 0.251. The number of carbonyl (C=O) groups excluding carboxylic acids is 6. The summed E-state index contributed by atoms with van der Waals surface area (Å²) in [4.78, 5) is 73.6. The van der Waals surface area contributed by atoms with Crippen LogP contribution in [0.25, 0.3) is 0 Å². The average molecular weight is 577 g/mol. The lowest BCUT2D eigenvalue weighted by Gasteiger charge is -2.19. The van der Waals surface area contributed by atoms with Gasteiger partial charge in [-0.2, -0.15) is 0 Å². The number of phenols is 1. The fraction of sp³-hybridized carbons (Fsp3) is 0.308. The standard InChI is InChI=1S/C26H28N2O9S2/c1-4-36-24(33)19(27-15(2)29)13-39-26(35)20(28-16(3)30)14-38-25(34)18-10-6-8-12-22(18)37-23(32)17-9-5-7-11-21(17)31/h5-12,19-20,31H,4,13-14H2,1-3H3,(H,27,29)(H,28,30). The van der Waals surface area contributed by atoms with E-state index in [1.54, 1.807) is 31.2 Å². The largest absolute Gasteiger partial charge is 0.507 e. The smallest absolute Gasteiger partial charge is 0.347 e. The number of nitrogens with one attached hydrogen (secondary N) is 2. The molecule has 3 N–H and O–H groups in total. The van der Waals surface area contributed by atoms with Crippen molar-refractivity contribution in [1.29, 1.82) is 0 Å². The van der Waals surface area contributed by atoms with E-state index in [9.17, 15) is 33.9 Å². The first-order chi connectivity index (χ1) is 18.5. The lowest BCUT2D eigenvalue weighted by molar-refractivity contribution is -0.146. The Labute approximate surface area is 233 Å². The molecule has 39 heavy (non-hydrogen) atoms. The van der Waals surface area contributed by atoms with E-state index >= 15 is 0 Å². The highest BCUT2D eigenvalue weighted by Crippen LogP contribution is 2.26. The van der Waals surface area contributed by atoms with Crippen LogP contribution < -0.4 is 15.4 Å². The topological polar surface area (TPSA) is 165 Å². The van der Waals surface area contributed by atoms with Crippen molar-refractivity contribution in [3.8, 4) is 11.5 Å². The summed E-state index contributed by atoms with van der Waals surface area (Å²) in [5, 5.41) is 13.7. The monoisotopic (exact) mass is 576 g/mol. The molecule has 0 saturated carbocycles. The third-order valence-electron chi connectivity index (χ3n) is 4.82. The molecule has 2 unspecified atom stereocenters. The van der Waals surface area contributed by atoms with Gasteiger partial charge < -0.3 is 25.2 Å². The minimum Gasteiger partial charge on any atom is -0.507 e. The Morgan fingerprint density at radius 1 is 0.821 bits per heavy atom. The second kappa shape index (κ2) is 15.5. The Kier molecular flexibility index (Phi) is 12.5. The van der Waals surface area contributed by atoms with Crippen molar-refractivity contribution in [2.24, 2.45) is 0 Å². The van der Waals surface area contributed by atoms with E-state index in [0.29, 0.717) is 11.8 Å². The summed E-state index contributed by atoms with van der Waals surface area (Å²) in [7, 11) is 0. The Balaban J connectivity index is 2.09. The molecule has 0 aliphatic rings. The first-order valence-electron chi connectivity index (χ1n) is 11.7. The minimum atomic E-state index is -1.10. The zero-order valence-corrected chi connectivity index (χ0v) is 23.1. The van der Waals surface area contributed by atoms with Gasteiger partial charge in [-0.05, 0) is 31.2 Å². The van der Waals surface area contributed by atoms with Gasteiger partial charge in [0.25, 0.3) is 0 Å². The van der Waals surface area contributed by atoms with Crippen molar-refractivity contribution in [3.63, 3.8) is 0 Å². The van der Waals surface area contributed by atoms with Crippen molar-refractivity contribution in [3.05, 3.63) is 59.7 Å². The molecule has 0 aliphatic heterocycles. The van der Waals surface area contributed by atoms with Gasteiger partial charge in [0.1, 0.15) is 29.1 Å². The second-order valence-corrected chi connectivity index (χ2v) is 9.91. The number of phenolic OH excluding ortho intramolecular Hbond substituents is 1. The number of carbonyl (C=O) groups is 6. The number of hydrogen-bond donors (Lipinski definition) is 3. The predicted molar refractivity (Wildman–Crippen MR) is 146 cm³/mol. The molecule has 2 atom stereocenters. The number of amides is 2.